The van der Waals surface area contributed by atoms with Crippen molar-refractivity contribution in [3.63, 3.8) is 0 Å². The zero-order valence-corrected chi connectivity index (χ0v) is 39.2. The van der Waals surface area contributed by atoms with Crippen molar-refractivity contribution in [2.75, 3.05) is 0 Å². The molecule has 0 amide bonds. The van der Waals surface area contributed by atoms with E-state index in [0.717, 1.165) is 38.5 Å². The number of carbonyl (C=O) groups is 6. The Bertz CT molecular complexity index is 927. The number of aliphatic carboxylic acids is 6. The third-order valence-corrected chi connectivity index (χ3v) is 13.4. The van der Waals surface area contributed by atoms with Crippen LogP contribution < -0.4 is 30.6 Å². The topological polar surface area (TPSA) is 241 Å². The summed E-state index contributed by atoms with van der Waals surface area (Å²) in [5.74, 6) is -1.31. The summed E-state index contributed by atoms with van der Waals surface area (Å²) in [7, 11) is 0. The minimum absolute atomic E-state index is 0. The van der Waals surface area contributed by atoms with Gasteiger partial charge in [-0.1, -0.05) is 154 Å². The summed E-state index contributed by atoms with van der Waals surface area (Å²) in [5, 5.41) is 60.3. The van der Waals surface area contributed by atoms with Crippen molar-refractivity contribution < 1.29 is 80.5 Å². The molecule has 6 rings (SSSR count). The molecule has 6 saturated carbocycles. The van der Waals surface area contributed by atoms with E-state index in [0.29, 0.717) is 35.5 Å². The number of hydrogen-bond acceptors (Lipinski definition) is 12. The van der Waals surface area contributed by atoms with Gasteiger partial charge in [-0.15, -0.1) is 0 Å². The van der Waals surface area contributed by atoms with Crippen LogP contribution in [0.5, 0.6) is 0 Å². The minimum atomic E-state index is -0.896. The zero-order chi connectivity index (χ0) is 44.4. The first-order chi connectivity index (χ1) is 28.7. The van der Waals surface area contributed by atoms with Crippen LogP contribution in [-0.2, 0) is 49.8 Å². The van der Waals surface area contributed by atoms with Gasteiger partial charge in [-0.2, -0.15) is 0 Å². The standard InChI is InChI=1S/6C8H14O2.Mo/c6*9-8(10)6-5-7-3-1-2-4-7;/h6*7H,1-6H2,(H,9,10);/q;;;;;;+6/p-6. The Kier molecular flexibility index (Phi) is 36.5. The van der Waals surface area contributed by atoms with Gasteiger partial charge < -0.3 is 59.4 Å². The molecular formula is C48H78MoO12. The molecule has 0 N–H and O–H groups in total. The second-order valence-electron chi connectivity index (χ2n) is 18.4. The summed E-state index contributed by atoms with van der Waals surface area (Å²) in [6.45, 7) is 0. The van der Waals surface area contributed by atoms with Crippen LogP contribution in [-0.4, -0.2) is 35.8 Å². The average molecular weight is 943 g/mol. The summed E-state index contributed by atoms with van der Waals surface area (Å²) in [6, 6.07) is 0. The average Bonchev–Trinajstić information content (AvgIpc) is 4.06. The third-order valence-electron chi connectivity index (χ3n) is 13.4. The van der Waals surface area contributed by atoms with Crippen molar-refractivity contribution in [2.45, 2.75) is 231 Å². The van der Waals surface area contributed by atoms with Gasteiger partial charge in [0.15, 0.2) is 0 Å². The van der Waals surface area contributed by atoms with Crippen LogP contribution in [0.2, 0.25) is 0 Å². The molecule has 0 radical (unpaired) electrons. The summed E-state index contributed by atoms with van der Waals surface area (Å²) in [5.41, 5.74) is 0. The second kappa shape index (κ2) is 38.0. The first-order valence-electron chi connectivity index (χ1n) is 23.9. The number of hydrogen-bond donors (Lipinski definition) is 0. The molecule has 12 nitrogen and oxygen atoms in total. The molecule has 0 spiro atoms. The Morgan fingerprint density at radius 1 is 0.246 bits per heavy atom. The van der Waals surface area contributed by atoms with Crippen LogP contribution in [0.1, 0.15) is 231 Å². The van der Waals surface area contributed by atoms with Gasteiger partial charge in [0.1, 0.15) is 0 Å². The van der Waals surface area contributed by atoms with Gasteiger partial charge in [0.2, 0.25) is 0 Å². The van der Waals surface area contributed by atoms with Crippen LogP contribution in [0.15, 0.2) is 0 Å². The monoisotopic (exact) mass is 944 g/mol. The molecule has 6 fully saturated rings. The normalized spacial score (nSPS) is 19.3. The maximum absolute atomic E-state index is 10.0. The van der Waals surface area contributed by atoms with Crippen molar-refractivity contribution in [3.8, 4) is 0 Å². The molecule has 6 aliphatic rings. The van der Waals surface area contributed by atoms with E-state index in [4.69, 9.17) is 0 Å². The fraction of sp³-hybridized carbons (Fsp3) is 0.875. The Balaban J connectivity index is 0.000000706. The summed E-state index contributed by atoms with van der Waals surface area (Å²) in [4.78, 5) is 60.3. The zero-order valence-electron chi connectivity index (χ0n) is 37.2. The Morgan fingerprint density at radius 3 is 0.426 bits per heavy atom. The predicted molar refractivity (Wildman–Crippen MR) is 217 cm³/mol. The van der Waals surface area contributed by atoms with Gasteiger partial charge >= 0.3 is 21.1 Å². The number of carboxylic acid groups (broad SMARTS) is 6. The minimum Gasteiger partial charge on any atom is -0.550 e. The molecule has 0 aliphatic heterocycles. The number of carboxylic acids is 6. The molecule has 6 aliphatic carbocycles. The van der Waals surface area contributed by atoms with E-state index in [9.17, 15) is 59.4 Å². The Hall–Kier alpha value is -2.49. The fourth-order valence-corrected chi connectivity index (χ4v) is 9.73. The van der Waals surface area contributed by atoms with Crippen LogP contribution in [0.4, 0.5) is 0 Å². The van der Waals surface area contributed by atoms with E-state index in [1.807, 2.05) is 0 Å². The second-order valence-corrected chi connectivity index (χ2v) is 18.4. The van der Waals surface area contributed by atoms with Crippen molar-refractivity contribution >= 4 is 35.8 Å². The van der Waals surface area contributed by atoms with Crippen molar-refractivity contribution in [1.82, 2.24) is 0 Å². The molecule has 348 valence electrons. The molecule has 13 heteroatoms. The molecule has 0 bridgehead atoms. The third kappa shape index (κ3) is 36.7. The molecule has 0 heterocycles. The summed E-state index contributed by atoms with van der Waals surface area (Å²) in [6.07, 6.45) is 36.8. The van der Waals surface area contributed by atoms with Crippen molar-refractivity contribution in [2.24, 2.45) is 35.5 Å². The van der Waals surface area contributed by atoms with Crippen LogP contribution in [0.3, 0.4) is 0 Å². The molecule has 0 aromatic carbocycles. The van der Waals surface area contributed by atoms with Gasteiger partial charge in [-0.05, 0) is 113 Å². The van der Waals surface area contributed by atoms with Gasteiger partial charge in [0, 0.05) is 35.8 Å². The van der Waals surface area contributed by atoms with Gasteiger partial charge in [0.25, 0.3) is 0 Å². The van der Waals surface area contributed by atoms with Crippen LogP contribution in [0.25, 0.3) is 0 Å². The molecule has 0 unspecified atom stereocenters. The van der Waals surface area contributed by atoms with E-state index >= 15 is 0 Å². The largest absolute Gasteiger partial charge is 6.00 e. The van der Waals surface area contributed by atoms with E-state index in [1.165, 1.54) is 154 Å². The molecule has 0 aromatic heterocycles. The Morgan fingerprint density at radius 2 is 0.344 bits per heavy atom. The van der Waals surface area contributed by atoms with Gasteiger partial charge in [-0.3, -0.25) is 0 Å². The van der Waals surface area contributed by atoms with Crippen LogP contribution in [0, 0.1) is 35.5 Å². The predicted octanol–water partition coefficient (Wildman–Crippen LogP) is 4.24. The molecular weight excluding hydrogens is 864 g/mol. The van der Waals surface area contributed by atoms with E-state index in [2.05, 4.69) is 0 Å². The SMILES string of the molecule is O=C([O-])CCC1CCCC1.O=C([O-])CCC1CCCC1.O=C([O-])CCC1CCCC1.O=C([O-])CCC1CCCC1.O=C([O-])CCC1CCCC1.O=C([O-])CCC1CCCC1.[Mo+6]. The quantitative estimate of drug-likeness (QED) is 0.175. The van der Waals surface area contributed by atoms with Crippen molar-refractivity contribution in [3.05, 3.63) is 0 Å². The number of rotatable bonds is 18. The van der Waals surface area contributed by atoms with Gasteiger partial charge in [0.05, 0.1) is 0 Å². The van der Waals surface area contributed by atoms with E-state index in [-0.39, 0.29) is 59.6 Å². The van der Waals surface area contributed by atoms with E-state index < -0.39 is 35.8 Å². The maximum atomic E-state index is 10.0. The maximum Gasteiger partial charge on any atom is 6.00 e. The molecule has 61 heavy (non-hydrogen) atoms. The Labute approximate surface area is 381 Å². The summed E-state index contributed by atoms with van der Waals surface area (Å²) >= 11 is 0. The smallest absolute Gasteiger partial charge is 0.550 e. The first kappa shape index (κ1) is 58.5. The van der Waals surface area contributed by atoms with Crippen molar-refractivity contribution in [1.29, 1.82) is 0 Å². The molecule has 0 aromatic rings. The van der Waals surface area contributed by atoms with E-state index in [1.54, 1.807) is 0 Å². The first-order valence-corrected chi connectivity index (χ1v) is 23.9. The fourth-order valence-electron chi connectivity index (χ4n) is 9.73. The van der Waals surface area contributed by atoms with Gasteiger partial charge in [-0.25, -0.2) is 0 Å². The number of carbonyl (C=O) groups excluding carboxylic acids is 6. The molecule has 0 saturated heterocycles. The molecule has 0 atom stereocenters. The van der Waals surface area contributed by atoms with Crippen LogP contribution >= 0.6 is 0 Å². The summed E-state index contributed by atoms with van der Waals surface area (Å²) < 4.78 is 0.